The molecule has 2 aliphatic rings. The Hall–Kier alpha value is -1.53. The van der Waals surface area contributed by atoms with Crippen molar-refractivity contribution < 1.29 is 22.6 Å². The second kappa shape index (κ2) is 3.50. The third-order valence-corrected chi connectivity index (χ3v) is 3.54. The summed E-state index contributed by atoms with van der Waals surface area (Å²) in [6, 6.07) is 0. The van der Waals surface area contributed by atoms with Gasteiger partial charge in [0.2, 0.25) is 11.6 Å². The Balaban J connectivity index is 2.59. The first-order valence-electron chi connectivity index (χ1n) is 4.52. The van der Waals surface area contributed by atoms with Gasteiger partial charge in [-0.25, -0.2) is 8.42 Å². The number of hydrogen-bond donors (Lipinski definition) is 0. The summed E-state index contributed by atoms with van der Waals surface area (Å²) < 4.78 is 32.8. The molecular weight excluding hydrogens is 232 g/mol. The molecule has 0 N–H and O–H groups in total. The molecule has 0 heterocycles. The first-order chi connectivity index (χ1) is 7.41. The second-order valence-corrected chi connectivity index (χ2v) is 4.93. The van der Waals surface area contributed by atoms with Gasteiger partial charge in [-0.2, -0.15) is 0 Å². The number of carbonyl (C=O) groups is 2. The fraction of sp³-hybridized carbons (Fsp3) is 0.200. The predicted octanol–water partition coefficient (Wildman–Crippen LogP) is -0.0743. The Labute approximate surface area is 91.9 Å². The Morgan fingerprint density at radius 1 is 1.06 bits per heavy atom. The van der Waals surface area contributed by atoms with E-state index in [0.29, 0.717) is 6.08 Å². The molecule has 0 unspecified atom stereocenters. The number of Topliss-reactive ketones (excluding diaryl/α,β-unsaturated/α-hetero) is 1. The minimum absolute atomic E-state index is 0.525. The number of rotatable bonds is 1. The molecule has 0 aromatic heterocycles. The number of carbonyl (C=O) groups excluding carboxylic acids is 2. The van der Waals surface area contributed by atoms with E-state index in [2.05, 4.69) is 0 Å². The highest BCUT2D eigenvalue weighted by Crippen LogP contribution is 2.33. The van der Waals surface area contributed by atoms with Crippen molar-refractivity contribution in [2.75, 3.05) is 0 Å². The van der Waals surface area contributed by atoms with E-state index in [1.54, 1.807) is 12.2 Å². The maximum Gasteiger partial charge on any atom is 0.223 e. The van der Waals surface area contributed by atoms with Crippen molar-refractivity contribution in [3.05, 3.63) is 35.3 Å². The second-order valence-electron chi connectivity index (χ2n) is 3.55. The van der Waals surface area contributed by atoms with Gasteiger partial charge in [0, 0.05) is 16.9 Å². The molecule has 0 amide bonds. The molecule has 84 valence electrons. The highest BCUT2D eigenvalue weighted by Gasteiger charge is 2.38. The minimum atomic E-state index is -4.70. The summed E-state index contributed by atoms with van der Waals surface area (Å²) in [5, 5.41) is 0. The van der Waals surface area contributed by atoms with E-state index in [-0.39, 0.29) is 0 Å². The smallest absolute Gasteiger partial charge is 0.223 e. The first kappa shape index (κ1) is 11.0. The molecule has 0 aliphatic heterocycles. The summed E-state index contributed by atoms with van der Waals surface area (Å²) in [7, 11) is -4.70. The van der Waals surface area contributed by atoms with Crippen molar-refractivity contribution in [2.45, 2.75) is 0 Å². The molecular formula is C10H7O5S-. The number of fused-ring (bicyclic) bond motifs is 1. The molecule has 0 aromatic rings. The Kier molecular flexibility index (Phi) is 2.40. The Morgan fingerprint density at radius 3 is 2.19 bits per heavy atom. The molecule has 2 atom stereocenters. The van der Waals surface area contributed by atoms with Crippen LogP contribution >= 0.6 is 0 Å². The first-order valence-corrected chi connectivity index (χ1v) is 5.93. The molecule has 6 heteroatoms. The topological polar surface area (TPSA) is 91.3 Å². The SMILES string of the molecule is O=C1C=C(S(=O)(=O)[O-])[C@H]2C=CC=C[C@@H]2C1=O. The number of allylic oxidation sites excluding steroid dienone is 6. The molecule has 5 nitrogen and oxygen atoms in total. The molecule has 0 saturated carbocycles. The van der Waals surface area contributed by atoms with E-state index in [1.807, 2.05) is 0 Å². The quantitative estimate of drug-likeness (QED) is 0.471. The van der Waals surface area contributed by atoms with Crippen LogP contribution in [-0.2, 0) is 19.7 Å². The van der Waals surface area contributed by atoms with Crippen molar-refractivity contribution >= 4 is 21.7 Å². The van der Waals surface area contributed by atoms with E-state index in [1.165, 1.54) is 12.2 Å². The van der Waals surface area contributed by atoms with Gasteiger partial charge in [-0.1, -0.05) is 24.3 Å². The predicted molar refractivity (Wildman–Crippen MR) is 53.1 cm³/mol. The average molecular weight is 239 g/mol. The van der Waals surface area contributed by atoms with E-state index in [9.17, 15) is 22.6 Å². The van der Waals surface area contributed by atoms with Crippen molar-refractivity contribution in [2.24, 2.45) is 11.8 Å². The van der Waals surface area contributed by atoms with Crippen LogP contribution in [0.15, 0.2) is 35.3 Å². The third-order valence-electron chi connectivity index (χ3n) is 2.57. The molecule has 0 radical (unpaired) electrons. The van der Waals surface area contributed by atoms with Gasteiger partial charge in [-0.3, -0.25) is 9.59 Å². The van der Waals surface area contributed by atoms with E-state index >= 15 is 0 Å². The lowest BCUT2D eigenvalue weighted by atomic mass is 9.80. The molecule has 0 bridgehead atoms. The van der Waals surface area contributed by atoms with Crippen LogP contribution in [0.25, 0.3) is 0 Å². The van der Waals surface area contributed by atoms with Crippen LogP contribution in [0.4, 0.5) is 0 Å². The van der Waals surface area contributed by atoms with E-state index in [0.717, 1.165) is 0 Å². The molecule has 0 saturated heterocycles. The maximum absolute atomic E-state index is 11.5. The molecule has 0 spiro atoms. The summed E-state index contributed by atoms with van der Waals surface area (Å²) in [4.78, 5) is 22.1. The maximum atomic E-state index is 11.5. The lowest BCUT2D eigenvalue weighted by Gasteiger charge is -2.29. The lowest BCUT2D eigenvalue weighted by molar-refractivity contribution is -0.136. The number of hydrogen-bond acceptors (Lipinski definition) is 5. The Bertz CT molecular complexity index is 550. The van der Waals surface area contributed by atoms with Crippen LogP contribution in [0.2, 0.25) is 0 Å². The standard InChI is InChI=1S/C10H8O5S/c11-8-5-9(16(13,14)15)6-3-1-2-4-7(6)10(8)12/h1-7H,(H,13,14,15)/p-1/t6-,7-/m0/s1. The fourth-order valence-corrected chi connectivity index (χ4v) is 2.64. The van der Waals surface area contributed by atoms with Crippen LogP contribution in [0.5, 0.6) is 0 Å². The van der Waals surface area contributed by atoms with Crippen LogP contribution < -0.4 is 0 Å². The van der Waals surface area contributed by atoms with Gasteiger partial charge in [-0.15, -0.1) is 0 Å². The van der Waals surface area contributed by atoms with Crippen molar-refractivity contribution in [3.8, 4) is 0 Å². The van der Waals surface area contributed by atoms with E-state index in [4.69, 9.17) is 0 Å². The average Bonchev–Trinajstić information content (AvgIpc) is 2.22. The third kappa shape index (κ3) is 1.66. The Morgan fingerprint density at radius 2 is 1.62 bits per heavy atom. The van der Waals surface area contributed by atoms with Crippen molar-refractivity contribution in [1.29, 1.82) is 0 Å². The number of ketones is 2. The van der Waals surface area contributed by atoms with Gasteiger partial charge in [0.05, 0.1) is 5.92 Å². The minimum Gasteiger partial charge on any atom is -0.744 e. The molecule has 0 aromatic carbocycles. The monoisotopic (exact) mass is 239 g/mol. The summed E-state index contributed by atoms with van der Waals surface area (Å²) >= 11 is 0. The van der Waals surface area contributed by atoms with Gasteiger partial charge in [-0.05, 0) is 0 Å². The van der Waals surface area contributed by atoms with E-state index < -0.39 is 38.4 Å². The highest BCUT2D eigenvalue weighted by molar-refractivity contribution is 7.89. The molecule has 16 heavy (non-hydrogen) atoms. The zero-order chi connectivity index (χ0) is 11.9. The summed E-state index contributed by atoms with van der Waals surface area (Å²) in [6.07, 6.45) is 6.60. The summed E-state index contributed by atoms with van der Waals surface area (Å²) in [5.74, 6) is -3.31. The fourth-order valence-electron chi connectivity index (χ4n) is 1.83. The van der Waals surface area contributed by atoms with Gasteiger partial charge in [0.25, 0.3) is 0 Å². The largest absolute Gasteiger partial charge is 0.744 e. The molecule has 2 aliphatic carbocycles. The normalized spacial score (nSPS) is 28.9. The van der Waals surface area contributed by atoms with Gasteiger partial charge < -0.3 is 4.55 Å². The van der Waals surface area contributed by atoms with Crippen LogP contribution in [-0.4, -0.2) is 24.5 Å². The van der Waals surface area contributed by atoms with Crippen molar-refractivity contribution in [3.63, 3.8) is 0 Å². The molecule has 0 fully saturated rings. The van der Waals surface area contributed by atoms with Gasteiger partial charge in [0.1, 0.15) is 10.1 Å². The zero-order valence-corrected chi connectivity index (χ0v) is 8.81. The zero-order valence-electron chi connectivity index (χ0n) is 7.99. The summed E-state index contributed by atoms with van der Waals surface area (Å²) in [5.41, 5.74) is 0. The van der Waals surface area contributed by atoms with Crippen molar-refractivity contribution in [1.82, 2.24) is 0 Å². The summed E-state index contributed by atoms with van der Waals surface area (Å²) in [6.45, 7) is 0. The highest BCUT2D eigenvalue weighted by atomic mass is 32.2. The van der Waals surface area contributed by atoms with Crippen LogP contribution in [0.3, 0.4) is 0 Å². The van der Waals surface area contributed by atoms with Crippen LogP contribution in [0.1, 0.15) is 0 Å². The lowest BCUT2D eigenvalue weighted by Crippen LogP contribution is -2.35. The molecule has 2 rings (SSSR count). The van der Waals surface area contributed by atoms with Gasteiger partial charge >= 0.3 is 0 Å². The van der Waals surface area contributed by atoms with Crippen LogP contribution in [0, 0.1) is 11.8 Å². The van der Waals surface area contributed by atoms with Gasteiger partial charge in [0.15, 0.2) is 0 Å².